The molecule has 4 nitrogen and oxygen atoms in total. The molecule has 0 amide bonds. The van der Waals surface area contributed by atoms with Gasteiger partial charge in [0, 0.05) is 14.0 Å². The van der Waals surface area contributed by atoms with E-state index in [1.807, 2.05) is 6.92 Å². The van der Waals surface area contributed by atoms with Crippen molar-refractivity contribution in [3.8, 4) is 0 Å². The molecule has 0 aromatic heterocycles. The fraction of sp³-hybridized carbons (Fsp3) is 0.750. The van der Waals surface area contributed by atoms with Crippen LogP contribution in [-0.4, -0.2) is 31.8 Å². The molecule has 0 aliphatic rings. The summed E-state index contributed by atoms with van der Waals surface area (Å²) in [6.45, 7) is 3.59. The molecule has 0 rings (SSSR count). The first-order valence-corrected chi connectivity index (χ1v) is 3.57. The predicted molar refractivity (Wildman–Crippen MR) is 46.2 cm³/mol. The molecule has 12 heavy (non-hydrogen) atoms. The normalized spacial score (nSPS) is 14.3. The van der Waals surface area contributed by atoms with Crippen molar-refractivity contribution in [2.24, 2.45) is 0 Å². The van der Waals surface area contributed by atoms with E-state index in [9.17, 15) is 4.79 Å². The minimum absolute atomic E-state index is 0. The first-order valence-electron chi connectivity index (χ1n) is 3.57. The largest absolute Gasteiger partial charge is 0.459 e. The molecular formula is C8H19NO3. The van der Waals surface area contributed by atoms with Crippen molar-refractivity contribution in [2.45, 2.75) is 26.0 Å². The number of hydrogen-bond donors (Lipinski definition) is 1. The van der Waals surface area contributed by atoms with E-state index < -0.39 is 0 Å². The zero-order valence-electron chi connectivity index (χ0n) is 8.29. The van der Waals surface area contributed by atoms with Crippen molar-refractivity contribution in [3.63, 3.8) is 0 Å². The standard InChI is InChI=1S/C7H15NO3.CH3/c1-5(10-3)7(8)4-11-6(2)9;/h5,7H,4,8H2,1-3H3;1H3/q;-1/p+1. The maximum absolute atomic E-state index is 10.4. The number of rotatable bonds is 4. The topological polar surface area (TPSA) is 63.2 Å². The first kappa shape index (κ1) is 13.9. The van der Waals surface area contributed by atoms with Gasteiger partial charge >= 0.3 is 5.97 Å². The van der Waals surface area contributed by atoms with E-state index in [2.05, 4.69) is 5.73 Å². The van der Waals surface area contributed by atoms with Gasteiger partial charge in [-0.1, -0.05) is 0 Å². The fourth-order valence-electron chi connectivity index (χ4n) is 0.552. The van der Waals surface area contributed by atoms with E-state index >= 15 is 0 Å². The third-order valence-electron chi connectivity index (χ3n) is 1.54. The molecule has 0 saturated heterocycles. The lowest BCUT2D eigenvalue weighted by Crippen LogP contribution is -2.68. The van der Waals surface area contributed by atoms with Crippen LogP contribution in [0.1, 0.15) is 13.8 Å². The van der Waals surface area contributed by atoms with E-state index in [1.165, 1.54) is 6.92 Å². The highest BCUT2D eigenvalue weighted by Gasteiger charge is 2.16. The summed E-state index contributed by atoms with van der Waals surface area (Å²) < 4.78 is 9.74. The summed E-state index contributed by atoms with van der Waals surface area (Å²) in [4.78, 5) is 10.4. The average Bonchev–Trinajstić information content (AvgIpc) is 1.98. The van der Waals surface area contributed by atoms with Crippen molar-refractivity contribution < 1.29 is 20.0 Å². The molecule has 2 atom stereocenters. The molecule has 0 saturated carbocycles. The van der Waals surface area contributed by atoms with Crippen LogP contribution < -0.4 is 5.73 Å². The van der Waals surface area contributed by atoms with Gasteiger partial charge in [0.15, 0.2) is 0 Å². The molecule has 0 heterocycles. The van der Waals surface area contributed by atoms with Gasteiger partial charge in [-0.15, -0.1) is 0 Å². The van der Waals surface area contributed by atoms with Crippen molar-refractivity contribution in [1.29, 1.82) is 0 Å². The zero-order chi connectivity index (χ0) is 8.85. The molecule has 2 unspecified atom stereocenters. The van der Waals surface area contributed by atoms with Crippen molar-refractivity contribution in [3.05, 3.63) is 7.43 Å². The summed E-state index contributed by atoms with van der Waals surface area (Å²) in [6.07, 6.45) is 0.0225. The van der Waals surface area contributed by atoms with Gasteiger partial charge in [-0.05, 0) is 6.92 Å². The van der Waals surface area contributed by atoms with Crippen LogP contribution in [0.25, 0.3) is 0 Å². The Labute approximate surface area is 74.0 Å². The van der Waals surface area contributed by atoms with Gasteiger partial charge in [0.25, 0.3) is 0 Å². The quantitative estimate of drug-likeness (QED) is 0.471. The lowest BCUT2D eigenvalue weighted by atomic mass is 10.2. The first-order chi connectivity index (χ1) is 5.07. The Morgan fingerprint density at radius 2 is 2.08 bits per heavy atom. The maximum Gasteiger partial charge on any atom is 0.302 e. The van der Waals surface area contributed by atoms with Crippen molar-refractivity contribution in [2.75, 3.05) is 13.7 Å². The smallest absolute Gasteiger partial charge is 0.302 e. The molecule has 0 radical (unpaired) electrons. The van der Waals surface area contributed by atoms with Gasteiger partial charge in [-0.2, -0.15) is 0 Å². The number of esters is 1. The Kier molecular flexibility index (Phi) is 8.21. The van der Waals surface area contributed by atoms with E-state index in [4.69, 9.17) is 9.47 Å². The Hall–Kier alpha value is -0.610. The fourth-order valence-corrected chi connectivity index (χ4v) is 0.552. The van der Waals surface area contributed by atoms with E-state index in [0.717, 1.165) is 0 Å². The number of quaternary nitrogens is 1. The Balaban J connectivity index is 0. The van der Waals surface area contributed by atoms with Crippen LogP contribution in [0.2, 0.25) is 0 Å². The van der Waals surface area contributed by atoms with Crippen LogP contribution in [0.3, 0.4) is 0 Å². The van der Waals surface area contributed by atoms with Crippen molar-refractivity contribution >= 4 is 5.97 Å². The molecule has 4 heteroatoms. The molecule has 0 aliphatic carbocycles. The number of methoxy groups -OCH3 is 1. The second-order valence-corrected chi connectivity index (χ2v) is 2.50. The third kappa shape index (κ3) is 6.12. The minimum Gasteiger partial charge on any atom is -0.459 e. The number of carbonyl (C=O) groups is 1. The number of ether oxygens (including phenoxy) is 2. The van der Waals surface area contributed by atoms with E-state index in [-0.39, 0.29) is 25.5 Å². The molecule has 0 aromatic carbocycles. The van der Waals surface area contributed by atoms with Gasteiger partial charge in [0.05, 0.1) is 0 Å². The van der Waals surface area contributed by atoms with E-state index in [0.29, 0.717) is 6.61 Å². The molecular weight excluding hydrogens is 158 g/mol. The lowest BCUT2D eigenvalue weighted by Gasteiger charge is -2.14. The van der Waals surface area contributed by atoms with Crippen molar-refractivity contribution in [1.82, 2.24) is 0 Å². The third-order valence-corrected chi connectivity index (χ3v) is 1.54. The summed E-state index contributed by atoms with van der Waals surface area (Å²) in [7, 11) is 1.61. The molecule has 0 aromatic rings. The average molecular weight is 177 g/mol. The molecule has 0 aliphatic heterocycles. The Morgan fingerprint density at radius 1 is 1.58 bits per heavy atom. The lowest BCUT2D eigenvalue weighted by molar-refractivity contribution is -0.442. The van der Waals surface area contributed by atoms with Crippen LogP contribution in [-0.2, 0) is 14.3 Å². The van der Waals surface area contributed by atoms with Gasteiger partial charge < -0.3 is 22.6 Å². The van der Waals surface area contributed by atoms with Gasteiger partial charge in [0.1, 0.15) is 18.8 Å². The van der Waals surface area contributed by atoms with Crippen LogP contribution >= 0.6 is 0 Å². The molecule has 0 fully saturated rings. The van der Waals surface area contributed by atoms with Crippen LogP contribution in [0.4, 0.5) is 0 Å². The molecule has 3 N–H and O–H groups in total. The van der Waals surface area contributed by atoms with Crippen LogP contribution in [0.5, 0.6) is 0 Å². The minimum atomic E-state index is -0.276. The van der Waals surface area contributed by atoms with Gasteiger partial charge in [0.2, 0.25) is 0 Å². The highest BCUT2D eigenvalue weighted by Crippen LogP contribution is 1.92. The SMILES string of the molecule is COC(C)C([NH3+])COC(C)=O.[CH3-]. The van der Waals surface area contributed by atoms with Crippen LogP contribution in [0.15, 0.2) is 0 Å². The Morgan fingerprint density at radius 3 is 2.42 bits per heavy atom. The molecule has 74 valence electrons. The monoisotopic (exact) mass is 177 g/mol. The number of hydrogen-bond acceptors (Lipinski definition) is 3. The predicted octanol–water partition coefficient (Wildman–Crippen LogP) is -0.355. The summed E-state index contributed by atoms with van der Waals surface area (Å²) in [6, 6.07) is 0.00361. The zero-order valence-corrected chi connectivity index (χ0v) is 8.29. The van der Waals surface area contributed by atoms with Gasteiger partial charge in [-0.25, -0.2) is 0 Å². The molecule has 0 bridgehead atoms. The summed E-state index contributed by atoms with van der Waals surface area (Å²) in [5.74, 6) is -0.276. The number of carbonyl (C=O) groups excluding carboxylic acids is 1. The highest BCUT2D eigenvalue weighted by atomic mass is 16.5. The van der Waals surface area contributed by atoms with Gasteiger partial charge in [-0.3, -0.25) is 4.79 Å². The maximum atomic E-state index is 10.4. The Bertz CT molecular complexity index is 127. The van der Waals surface area contributed by atoms with E-state index in [1.54, 1.807) is 7.11 Å². The summed E-state index contributed by atoms with van der Waals surface area (Å²) in [5.41, 5.74) is 3.78. The summed E-state index contributed by atoms with van der Waals surface area (Å²) >= 11 is 0. The summed E-state index contributed by atoms with van der Waals surface area (Å²) in [5, 5.41) is 0. The van der Waals surface area contributed by atoms with Crippen LogP contribution in [0, 0.1) is 7.43 Å². The molecule has 0 spiro atoms. The highest BCUT2D eigenvalue weighted by molar-refractivity contribution is 5.65. The second-order valence-electron chi connectivity index (χ2n) is 2.50. The second kappa shape index (κ2) is 7.06.